The fourth-order valence-electron chi connectivity index (χ4n) is 3.34. The minimum absolute atomic E-state index is 0.158. The first-order valence-electron chi connectivity index (χ1n) is 8.91. The molecule has 5 nitrogen and oxygen atoms in total. The van der Waals surface area contributed by atoms with Crippen molar-refractivity contribution < 1.29 is 19.0 Å². The van der Waals surface area contributed by atoms with E-state index in [1.165, 1.54) is 12.8 Å². The van der Waals surface area contributed by atoms with Crippen molar-refractivity contribution >= 4 is 11.6 Å². The van der Waals surface area contributed by atoms with Crippen LogP contribution in [0.2, 0.25) is 0 Å². The van der Waals surface area contributed by atoms with E-state index in [2.05, 4.69) is 12.2 Å². The molecule has 1 aromatic carbocycles. The van der Waals surface area contributed by atoms with Crippen LogP contribution in [0.4, 0.5) is 5.69 Å². The lowest BCUT2D eigenvalue weighted by Gasteiger charge is -2.26. The van der Waals surface area contributed by atoms with E-state index in [0.29, 0.717) is 32.5 Å². The quantitative estimate of drug-likeness (QED) is 0.899. The first kappa shape index (κ1) is 17.4. The molecule has 0 spiro atoms. The summed E-state index contributed by atoms with van der Waals surface area (Å²) in [5.74, 6) is 0.598. The van der Waals surface area contributed by atoms with Gasteiger partial charge in [0.2, 0.25) is 0 Å². The molecule has 3 atom stereocenters. The molecule has 1 amide bonds. The van der Waals surface area contributed by atoms with Crippen molar-refractivity contribution in [2.24, 2.45) is 5.92 Å². The van der Waals surface area contributed by atoms with Crippen LogP contribution < -0.4 is 5.32 Å². The van der Waals surface area contributed by atoms with Gasteiger partial charge in [-0.3, -0.25) is 4.79 Å². The molecule has 24 heavy (non-hydrogen) atoms. The number of amides is 1. The second-order valence-electron chi connectivity index (χ2n) is 6.83. The van der Waals surface area contributed by atoms with Crippen LogP contribution in [0.3, 0.4) is 0 Å². The Bertz CT molecular complexity index is 542. The minimum Gasteiger partial charge on any atom is -0.376 e. The summed E-state index contributed by atoms with van der Waals surface area (Å²) in [6.45, 7) is 4.21. The maximum Gasteiger partial charge on any atom is 0.255 e. The highest BCUT2D eigenvalue weighted by atomic mass is 16.6. The van der Waals surface area contributed by atoms with Gasteiger partial charge in [-0.2, -0.15) is 0 Å². The topological polar surface area (TPSA) is 56.8 Å². The van der Waals surface area contributed by atoms with E-state index >= 15 is 0 Å². The van der Waals surface area contributed by atoms with Crippen LogP contribution in [0.1, 0.15) is 38.2 Å². The Morgan fingerprint density at radius 2 is 2.25 bits per heavy atom. The molecule has 0 unspecified atom stereocenters. The van der Waals surface area contributed by atoms with Crippen LogP contribution in [0.25, 0.3) is 0 Å². The second-order valence-corrected chi connectivity index (χ2v) is 6.83. The number of hydrogen-bond donors (Lipinski definition) is 1. The number of carbonyl (C=O) groups is 1. The van der Waals surface area contributed by atoms with E-state index < -0.39 is 6.10 Å². The van der Waals surface area contributed by atoms with Crippen LogP contribution in [-0.4, -0.2) is 37.9 Å². The average Bonchev–Trinajstić information content (AvgIpc) is 2.61. The van der Waals surface area contributed by atoms with E-state index in [1.807, 2.05) is 24.3 Å². The van der Waals surface area contributed by atoms with Gasteiger partial charge in [0.1, 0.15) is 0 Å². The summed E-state index contributed by atoms with van der Waals surface area (Å²) in [4.78, 5) is 12.2. The van der Waals surface area contributed by atoms with E-state index in [-0.39, 0.29) is 5.91 Å². The summed E-state index contributed by atoms with van der Waals surface area (Å²) in [7, 11) is 0. The van der Waals surface area contributed by atoms with Gasteiger partial charge in [-0.1, -0.05) is 31.9 Å². The van der Waals surface area contributed by atoms with E-state index in [9.17, 15) is 4.79 Å². The number of carbonyl (C=O) groups excluding carboxylic acids is 1. The van der Waals surface area contributed by atoms with Crippen molar-refractivity contribution in [2.75, 3.05) is 25.1 Å². The largest absolute Gasteiger partial charge is 0.376 e. The standard InChI is InChI=1S/C19H27NO4/c1-14-4-2-7-17(10-14)24-12-15-5-3-6-16(11-15)20-19(21)18-13-22-8-9-23-18/h3,5-6,11,14,17-18H,2,4,7-10,12-13H2,1H3,(H,20,21)/t14-,17-,18+/m1/s1. The highest BCUT2D eigenvalue weighted by Crippen LogP contribution is 2.26. The van der Waals surface area contributed by atoms with Gasteiger partial charge < -0.3 is 19.5 Å². The van der Waals surface area contributed by atoms with Crippen molar-refractivity contribution in [1.82, 2.24) is 0 Å². The van der Waals surface area contributed by atoms with Crippen molar-refractivity contribution in [2.45, 2.75) is 51.4 Å². The molecule has 5 heteroatoms. The molecule has 0 bridgehead atoms. The zero-order valence-electron chi connectivity index (χ0n) is 14.3. The normalized spacial score (nSPS) is 27.6. The van der Waals surface area contributed by atoms with E-state index in [4.69, 9.17) is 14.2 Å². The smallest absolute Gasteiger partial charge is 0.255 e. The number of anilines is 1. The molecule has 0 aromatic heterocycles. The van der Waals surface area contributed by atoms with Crippen molar-refractivity contribution in [3.63, 3.8) is 0 Å². The minimum atomic E-state index is -0.526. The first-order chi connectivity index (χ1) is 11.7. The Morgan fingerprint density at radius 3 is 3.04 bits per heavy atom. The van der Waals surface area contributed by atoms with Gasteiger partial charge in [-0.25, -0.2) is 0 Å². The third kappa shape index (κ3) is 5.03. The fraction of sp³-hybridized carbons (Fsp3) is 0.632. The Labute approximate surface area is 143 Å². The number of ether oxygens (including phenoxy) is 3. The summed E-state index contributed by atoms with van der Waals surface area (Å²) in [5, 5.41) is 2.90. The van der Waals surface area contributed by atoms with Crippen LogP contribution in [0.5, 0.6) is 0 Å². The molecule has 132 valence electrons. The molecular weight excluding hydrogens is 306 g/mol. The van der Waals surface area contributed by atoms with Crippen LogP contribution in [-0.2, 0) is 25.6 Å². The van der Waals surface area contributed by atoms with Crippen LogP contribution in [0, 0.1) is 5.92 Å². The van der Waals surface area contributed by atoms with Gasteiger partial charge in [0.25, 0.3) is 5.91 Å². The second kappa shape index (κ2) is 8.60. The lowest BCUT2D eigenvalue weighted by Crippen LogP contribution is -2.39. The van der Waals surface area contributed by atoms with Gasteiger partial charge in [0.05, 0.1) is 32.5 Å². The van der Waals surface area contributed by atoms with Gasteiger partial charge in [0, 0.05) is 5.69 Å². The van der Waals surface area contributed by atoms with Gasteiger partial charge >= 0.3 is 0 Å². The summed E-state index contributed by atoms with van der Waals surface area (Å²) < 4.78 is 16.7. The highest BCUT2D eigenvalue weighted by molar-refractivity contribution is 5.94. The maximum absolute atomic E-state index is 12.2. The number of hydrogen-bond acceptors (Lipinski definition) is 4. The molecule has 1 aromatic rings. The van der Waals surface area contributed by atoms with Crippen LogP contribution in [0.15, 0.2) is 24.3 Å². The summed E-state index contributed by atoms with van der Waals surface area (Å²) in [6.07, 6.45) is 4.71. The Kier molecular flexibility index (Phi) is 6.24. The molecule has 2 aliphatic rings. The fourth-order valence-corrected chi connectivity index (χ4v) is 3.34. The summed E-state index contributed by atoms with van der Waals surface area (Å²) in [5.41, 5.74) is 1.85. The molecule has 2 fully saturated rings. The van der Waals surface area contributed by atoms with Crippen molar-refractivity contribution in [3.8, 4) is 0 Å². The number of nitrogens with one attached hydrogen (secondary N) is 1. The Morgan fingerprint density at radius 1 is 1.33 bits per heavy atom. The Balaban J connectivity index is 1.50. The average molecular weight is 333 g/mol. The SMILES string of the molecule is C[C@@H]1CCC[C@@H](OCc2cccc(NC(=O)[C@@H]3COCCO3)c2)C1. The highest BCUT2D eigenvalue weighted by Gasteiger charge is 2.23. The summed E-state index contributed by atoms with van der Waals surface area (Å²) >= 11 is 0. The van der Waals surface area contributed by atoms with Crippen LogP contribution >= 0.6 is 0 Å². The predicted molar refractivity (Wildman–Crippen MR) is 91.8 cm³/mol. The number of rotatable bonds is 5. The Hall–Kier alpha value is -1.43. The molecule has 0 radical (unpaired) electrons. The van der Waals surface area contributed by atoms with Crippen molar-refractivity contribution in [1.29, 1.82) is 0 Å². The molecule has 3 rings (SSSR count). The van der Waals surface area contributed by atoms with Crippen molar-refractivity contribution in [3.05, 3.63) is 29.8 Å². The predicted octanol–water partition coefficient (Wildman–Crippen LogP) is 3.14. The van der Waals surface area contributed by atoms with E-state index in [0.717, 1.165) is 30.0 Å². The molecule has 1 saturated heterocycles. The molecular formula is C19H27NO4. The lowest BCUT2D eigenvalue weighted by atomic mass is 9.89. The zero-order valence-corrected chi connectivity index (χ0v) is 14.3. The van der Waals surface area contributed by atoms with Gasteiger partial charge in [-0.05, 0) is 36.5 Å². The molecule has 1 heterocycles. The number of benzene rings is 1. The summed E-state index contributed by atoms with van der Waals surface area (Å²) in [6, 6.07) is 7.82. The van der Waals surface area contributed by atoms with E-state index in [1.54, 1.807) is 0 Å². The third-order valence-electron chi connectivity index (χ3n) is 4.68. The first-order valence-corrected chi connectivity index (χ1v) is 8.91. The molecule has 1 aliphatic heterocycles. The molecule has 1 aliphatic carbocycles. The monoisotopic (exact) mass is 333 g/mol. The molecule has 1 N–H and O–H groups in total. The molecule has 1 saturated carbocycles. The van der Waals surface area contributed by atoms with Gasteiger partial charge in [0.15, 0.2) is 6.10 Å². The third-order valence-corrected chi connectivity index (χ3v) is 4.68. The van der Waals surface area contributed by atoms with Gasteiger partial charge in [-0.15, -0.1) is 0 Å². The lowest BCUT2D eigenvalue weighted by molar-refractivity contribution is -0.142. The maximum atomic E-state index is 12.2. The zero-order chi connectivity index (χ0) is 16.8.